The highest BCUT2D eigenvalue weighted by Gasteiger charge is 2.31. The molecule has 12 aromatic carbocycles. The molecular weight excluding hydrogens is 869 g/mol. The van der Waals surface area contributed by atoms with Crippen LogP contribution in [0.25, 0.3) is 76.1 Å². The van der Waals surface area contributed by atoms with E-state index in [4.69, 9.17) is 0 Å². The zero-order chi connectivity index (χ0) is 47.5. The number of nitrogens with zero attached hydrogens (tertiary/aromatic N) is 2. The van der Waals surface area contributed by atoms with Crippen molar-refractivity contribution in [2.75, 3.05) is 9.80 Å². The van der Waals surface area contributed by atoms with E-state index in [1.165, 1.54) is 161 Å². The van der Waals surface area contributed by atoms with Crippen molar-refractivity contribution < 1.29 is 0 Å². The van der Waals surface area contributed by atoms with Gasteiger partial charge < -0.3 is 9.80 Å². The van der Waals surface area contributed by atoms with E-state index in [-0.39, 0.29) is 0 Å². The minimum absolute atomic E-state index is 0.483. The fraction of sp³-hybridized carbons (Fsp3) is 0.143. The maximum atomic E-state index is 2.62. The summed E-state index contributed by atoms with van der Waals surface area (Å²) < 4.78 is 0. The van der Waals surface area contributed by atoms with Crippen LogP contribution < -0.4 is 9.80 Å². The van der Waals surface area contributed by atoms with Crippen molar-refractivity contribution in [3.05, 3.63) is 242 Å². The van der Waals surface area contributed by atoms with Gasteiger partial charge in [-0.25, -0.2) is 0 Å². The SMILES string of the molecule is c1ccc(-c2cc3ccccc3cc2N(c2ccccc2)c2cc(C3CCCC3)c3ccc4c(N(c5ccccc5)c5cc6ccccc6cc5-c5ccccc5)cc(C5CCCC5)c5ccc2c3c54)cc1. The van der Waals surface area contributed by atoms with Crippen molar-refractivity contribution in [2.45, 2.75) is 63.2 Å². The third kappa shape index (κ3) is 7.23. The summed E-state index contributed by atoms with van der Waals surface area (Å²) in [6, 6.07) is 87.1. The van der Waals surface area contributed by atoms with Crippen LogP contribution in [0.2, 0.25) is 0 Å². The van der Waals surface area contributed by atoms with Crippen LogP contribution in [0.1, 0.15) is 74.3 Å². The Hall–Kier alpha value is -8.20. The Kier molecular flexibility index (Phi) is 10.6. The topological polar surface area (TPSA) is 6.48 Å². The van der Waals surface area contributed by atoms with E-state index >= 15 is 0 Å². The van der Waals surface area contributed by atoms with Gasteiger partial charge in [-0.2, -0.15) is 0 Å². The van der Waals surface area contributed by atoms with E-state index in [1.54, 1.807) is 0 Å². The zero-order valence-electron chi connectivity index (χ0n) is 40.6. The second kappa shape index (κ2) is 17.9. The first-order chi connectivity index (χ1) is 35.7. The molecule has 0 atom stereocenters. The summed E-state index contributed by atoms with van der Waals surface area (Å²) in [6.07, 6.45) is 9.93. The molecule has 0 bridgehead atoms. The van der Waals surface area contributed by atoms with E-state index in [0.717, 1.165) is 11.4 Å². The molecule has 2 aliphatic rings. The van der Waals surface area contributed by atoms with Crippen LogP contribution in [0, 0.1) is 0 Å². The van der Waals surface area contributed by atoms with Crippen molar-refractivity contribution in [3.8, 4) is 22.3 Å². The standard InChI is InChI=1S/C70H56N2/c1-5-21-49(22-6-1)63-41-51-29-17-19-31-53(51)43-65(63)71(55-33-9-3-10-34-55)67-45-61(47-25-13-14-26-47)57-38-40-60-68(46-62(48-27-15-16-28-48)58-37-39-59(67)69(57)70(58)60)72(56-35-11-4-12-36-56)66-44-54-32-20-18-30-52(54)42-64(66)50-23-7-2-8-24-50/h1-12,17-24,29-48H,13-16,25-28H2. The monoisotopic (exact) mass is 924 g/mol. The second-order valence-electron chi connectivity index (χ2n) is 20.5. The number of anilines is 6. The summed E-state index contributed by atoms with van der Waals surface area (Å²) in [4.78, 5) is 5.21. The predicted molar refractivity (Wildman–Crippen MR) is 308 cm³/mol. The van der Waals surface area contributed by atoms with Gasteiger partial charge in [0, 0.05) is 33.3 Å². The third-order valence-corrected chi connectivity index (χ3v) is 16.4. The molecule has 0 radical (unpaired) electrons. The van der Waals surface area contributed by atoms with E-state index < -0.39 is 0 Å². The lowest BCUT2D eigenvalue weighted by molar-refractivity contribution is 0.729. The summed E-state index contributed by atoms with van der Waals surface area (Å²) in [5.74, 6) is 0.966. The molecule has 72 heavy (non-hydrogen) atoms. The molecule has 0 spiro atoms. The van der Waals surface area contributed by atoms with Gasteiger partial charge in [0.1, 0.15) is 0 Å². The Bertz CT molecular complexity index is 3670. The van der Waals surface area contributed by atoms with Crippen molar-refractivity contribution in [1.29, 1.82) is 0 Å². The highest BCUT2D eigenvalue weighted by Crippen LogP contribution is 2.55. The molecule has 2 fully saturated rings. The summed E-state index contributed by atoms with van der Waals surface area (Å²) in [6.45, 7) is 0. The van der Waals surface area contributed by atoms with Crippen molar-refractivity contribution in [2.24, 2.45) is 0 Å². The fourth-order valence-corrected chi connectivity index (χ4v) is 13.0. The molecule has 2 saturated carbocycles. The number of fused-ring (bicyclic) bond motifs is 2. The van der Waals surface area contributed by atoms with Gasteiger partial charge in [0.15, 0.2) is 0 Å². The molecule has 0 aromatic heterocycles. The number of benzene rings is 12. The Morgan fingerprint density at radius 3 is 0.972 bits per heavy atom. The molecule has 14 rings (SSSR count). The Labute approximate surface area is 422 Å². The van der Waals surface area contributed by atoms with Crippen molar-refractivity contribution in [3.63, 3.8) is 0 Å². The Balaban J connectivity index is 1.12. The minimum Gasteiger partial charge on any atom is -0.309 e. The smallest absolute Gasteiger partial charge is 0.0546 e. The predicted octanol–water partition coefficient (Wildman–Crippen LogP) is 20.5. The molecule has 0 amide bonds. The maximum absolute atomic E-state index is 2.62. The molecule has 0 unspecified atom stereocenters. The van der Waals surface area contributed by atoms with Crippen LogP contribution in [-0.4, -0.2) is 0 Å². The quantitative estimate of drug-likeness (QED) is 0.126. The highest BCUT2D eigenvalue weighted by atomic mass is 15.2. The summed E-state index contributed by atoms with van der Waals surface area (Å²) in [7, 11) is 0. The molecule has 0 heterocycles. The van der Waals surface area contributed by atoms with Gasteiger partial charge in [0.05, 0.1) is 22.7 Å². The Morgan fingerprint density at radius 1 is 0.278 bits per heavy atom. The molecule has 2 aliphatic carbocycles. The lowest BCUT2D eigenvalue weighted by Gasteiger charge is -2.33. The first kappa shape index (κ1) is 42.7. The second-order valence-corrected chi connectivity index (χ2v) is 20.5. The lowest BCUT2D eigenvalue weighted by atomic mass is 9.82. The molecule has 0 saturated heterocycles. The number of hydrogen-bond acceptors (Lipinski definition) is 2. The number of hydrogen-bond donors (Lipinski definition) is 0. The van der Waals surface area contributed by atoms with Crippen LogP contribution in [0.4, 0.5) is 34.1 Å². The van der Waals surface area contributed by atoms with Crippen LogP contribution >= 0.6 is 0 Å². The van der Waals surface area contributed by atoms with Gasteiger partial charge in [-0.1, -0.05) is 196 Å². The number of para-hydroxylation sites is 2. The van der Waals surface area contributed by atoms with Crippen molar-refractivity contribution in [1.82, 2.24) is 0 Å². The first-order valence-electron chi connectivity index (χ1n) is 26.4. The van der Waals surface area contributed by atoms with Crippen LogP contribution in [-0.2, 0) is 0 Å². The summed E-state index contributed by atoms with van der Waals surface area (Å²) >= 11 is 0. The van der Waals surface area contributed by atoms with Crippen LogP contribution in [0.3, 0.4) is 0 Å². The Morgan fingerprint density at radius 2 is 0.597 bits per heavy atom. The molecular formula is C70H56N2. The van der Waals surface area contributed by atoms with E-state index in [2.05, 4.69) is 240 Å². The molecule has 2 nitrogen and oxygen atoms in total. The highest BCUT2D eigenvalue weighted by molar-refractivity contribution is 6.30. The van der Waals surface area contributed by atoms with E-state index in [9.17, 15) is 0 Å². The molecule has 346 valence electrons. The van der Waals surface area contributed by atoms with Crippen LogP contribution in [0.15, 0.2) is 231 Å². The molecule has 0 N–H and O–H groups in total. The average molecular weight is 925 g/mol. The van der Waals surface area contributed by atoms with Gasteiger partial charge in [-0.3, -0.25) is 0 Å². The minimum atomic E-state index is 0.483. The summed E-state index contributed by atoms with van der Waals surface area (Å²) in [5.41, 5.74) is 15.0. The fourth-order valence-electron chi connectivity index (χ4n) is 13.0. The van der Waals surface area contributed by atoms with Crippen LogP contribution in [0.5, 0.6) is 0 Å². The molecule has 0 aliphatic heterocycles. The van der Waals surface area contributed by atoms with E-state index in [1.807, 2.05) is 0 Å². The largest absolute Gasteiger partial charge is 0.309 e. The van der Waals surface area contributed by atoms with Crippen molar-refractivity contribution >= 4 is 88.0 Å². The van der Waals surface area contributed by atoms with Gasteiger partial charge >= 0.3 is 0 Å². The summed E-state index contributed by atoms with van der Waals surface area (Å²) in [5, 5.41) is 13.1. The van der Waals surface area contributed by atoms with Gasteiger partial charge in [-0.15, -0.1) is 0 Å². The maximum Gasteiger partial charge on any atom is 0.0546 e. The van der Waals surface area contributed by atoms with Gasteiger partial charge in [0.2, 0.25) is 0 Å². The van der Waals surface area contributed by atoms with E-state index in [0.29, 0.717) is 11.8 Å². The van der Waals surface area contributed by atoms with Gasteiger partial charge in [-0.05, 0) is 164 Å². The molecule has 2 heteroatoms. The normalized spacial score (nSPS) is 14.4. The third-order valence-electron chi connectivity index (χ3n) is 16.4. The van der Waals surface area contributed by atoms with Gasteiger partial charge in [0.25, 0.3) is 0 Å². The zero-order valence-corrected chi connectivity index (χ0v) is 40.6. The average Bonchev–Trinajstić information content (AvgIpc) is 4.21. The molecule has 12 aromatic rings. The number of rotatable bonds is 10. The first-order valence-corrected chi connectivity index (χ1v) is 26.4. The lowest BCUT2D eigenvalue weighted by Crippen LogP contribution is -2.14.